The molecule has 9 heteroatoms. The van der Waals surface area contributed by atoms with Crippen LogP contribution in [0.15, 0.2) is 41.4 Å². The Morgan fingerprint density at radius 1 is 1.17 bits per heavy atom. The van der Waals surface area contributed by atoms with E-state index >= 15 is 0 Å². The zero-order valence-corrected chi connectivity index (χ0v) is 16.7. The molecule has 7 nitrogen and oxygen atoms in total. The Morgan fingerprint density at radius 3 is 2.69 bits per heavy atom. The number of nitrogens with zero attached hydrogens (tertiary/aromatic N) is 3. The predicted octanol–water partition coefficient (Wildman–Crippen LogP) is 2.58. The van der Waals surface area contributed by atoms with E-state index in [1.807, 2.05) is 6.92 Å². The minimum atomic E-state index is -3.98. The molecule has 0 N–H and O–H groups in total. The van der Waals surface area contributed by atoms with Crippen molar-refractivity contribution < 1.29 is 22.4 Å². The fourth-order valence-corrected chi connectivity index (χ4v) is 5.81. The lowest BCUT2D eigenvalue weighted by Crippen LogP contribution is -2.42. The summed E-state index contributed by atoms with van der Waals surface area (Å²) < 4.78 is 41.9. The molecule has 0 spiro atoms. The van der Waals surface area contributed by atoms with Crippen LogP contribution in [0.1, 0.15) is 52.6 Å². The number of pyridine rings is 1. The summed E-state index contributed by atoms with van der Waals surface area (Å²) in [4.78, 5) is 29.9. The maximum Gasteiger partial charge on any atom is 0.280 e. The molecule has 2 aliphatic rings. The third-order valence-electron chi connectivity index (χ3n) is 5.42. The Labute approximate surface area is 168 Å². The van der Waals surface area contributed by atoms with E-state index in [9.17, 15) is 22.4 Å². The van der Waals surface area contributed by atoms with Gasteiger partial charge in [0.2, 0.25) is 10.0 Å². The van der Waals surface area contributed by atoms with Crippen molar-refractivity contribution in [3.05, 3.63) is 59.2 Å². The van der Waals surface area contributed by atoms with E-state index in [-0.39, 0.29) is 34.3 Å². The van der Waals surface area contributed by atoms with Crippen molar-refractivity contribution in [1.29, 1.82) is 0 Å². The lowest BCUT2D eigenvalue weighted by Gasteiger charge is -2.33. The molecule has 1 aromatic heterocycles. The first kappa shape index (κ1) is 19.7. The van der Waals surface area contributed by atoms with Crippen LogP contribution in [-0.4, -0.2) is 47.0 Å². The SMILES string of the molecule is C[C@H]1CCCCN1S(=O)(=O)c1cc(F)ccc1CN1C(=O)c2cccnc2C1=O. The number of hydrogen-bond donors (Lipinski definition) is 0. The highest BCUT2D eigenvalue weighted by atomic mass is 32.2. The third kappa shape index (κ3) is 3.34. The van der Waals surface area contributed by atoms with Crippen LogP contribution in [0.5, 0.6) is 0 Å². The molecular formula is C20H20FN3O4S. The normalized spacial score (nSPS) is 20.2. The van der Waals surface area contributed by atoms with Crippen molar-refractivity contribution in [3.63, 3.8) is 0 Å². The summed E-state index contributed by atoms with van der Waals surface area (Å²) in [5, 5.41) is 0. The summed E-state index contributed by atoms with van der Waals surface area (Å²) in [7, 11) is -3.98. The number of carbonyl (C=O) groups is 2. The van der Waals surface area contributed by atoms with E-state index in [1.165, 1.54) is 22.6 Å². The van der Waals surface area contributed by atoms with Crippen LogP contribution >= 0.6 is 0 Å². The highest BCUT2D eigenvalue weighted by molar-refractivity contribution is 7.89. The molecule has 0 unspecified atom stereocenters. The molecule has 1 aromatic carbocycles. The van der Waals surface area contributed by atoms with Crippen LogP contribution in [0.4, 0.5) is 4.39 Å². The summed E-state index contributed by atoms with van der Waals surface area (Å²) in [6, 6.07) is 6.26. The van der Waals surface area contributed by atoms with E-state index in [4.69, 9.17) is 0 Å². The largest absolute Gasteiger partial charge is 0.280 e. The highest BCUT2D eigenvalue weighted by Gasteiger charge is 2.38. The molecule has 1 atom stereocenters. The highest BCUT2D eigenvalue weighted by Crippen LogP contribution is 2.30. The molecule has 29 heavy (non-hydrogen) atoms. The molecule has 1 saturated heterocycles. The molecule has 0 saturated carbocycles. The fraction of sp³-hybridized carbons (Fsp3) is 0.350. The first-order chi connectivity index (χ1) is 13.8. The van der Waals surface area contributed by atoms with Crippen molar-refractivity contribution >= 4 is 21.8 Å². The van der Waals surface area contributed by atoms with Crippen LogP contribution in [0.2, 0.25) is 0 Å². The Kier molecular flexibility index (Phi) is 4.95. The molecule has 4 rings (SSSR count). The minimum absolute atomic E-state index is 0.0358. The molecule has 2 amide bonds. The number of imide groups is 1. The number of piperidine rings is 1. The first-order valence-corrected chi connectivity index (χ1v) is 10.9. The number of rotatable bonds is 4. The van der Waals surface area contributed by atoms with E-state index < -0.39 is 27.7 Å². The summed E-state index contributed by atoms with van der Waals surface area (Å²) in [6.45, 7) is 1.91. The van der Waals surface area contributed by atoms with Crippen LogP contribution in [0, 0.1) is 5.82 Å². The van der Waals surface area contributed by atoms with Crippen LogP contribution in [0.3, 0.4) is 0 Å². The number of aromatic nitrogens is 1. The quantitative estimate of drug-likeness (QED) is 0.714. The Bertz CT molecular complexity index is 1070. The summed E-state index contributed by atoms with van der Waals surface area (Å²) >= 11 is 0. The van der Waals surface area contributed by atoms with Crippen molar-refractivity contribution in [2.75, 3.05) is 6.54 Å². The maximum atomic E-state index is 14.0. The van der Waals surface area contributed by atoms with Gasteiger partial charge < -0.3 is 0 Å². The second-order valence-corrected chi connectivity index (χ2v) is 9.17. The van der Waals surface area contributed by atoms with E-state index in [0.29, 0.717) is 6.54 Å². The Morgan fingerprint density at radius 2 is 1.97 bits per heavy atom. The van der Waals surface area contributed by atoms with Gasteiger partial charge in [-0.2, -0.15) is 4.31 Å². The molecule has 1 fully saturated rings. The van der Waals surface area contributed by atoms with Crippen LogP contribution in [-0.2, 0) is 16.6 Å². The van der Waals surface area contributed by atoms with Crippen LogP contribution < -0.4 is 0 Å². The third-order valence-corrected chi connectivity index (χ3v) is 7.51. The number of fused-ring (bicyclic) bond motifs is 1. The lowest BCUT2D eigenvalue weighted by molar-refractivity contribution is 0.0639. The number of amides is 2. The van der Waals surface area contributed by atoms with Gasteiger partial charge in [0.05, 0.1) is 17.0 Å². The van der Waals surface area contributed by atoms with Gasteiger partial charge >= 0.3 is 0 Å². The van der Waals surface area contributed by atoms with Gasteiger partial charge in [-0.3, -0.25) is 19.5 Å². The number of carbonyl (C=O) groups excluding carboxylic acids is 2. The van der Waals surface area contributed by atoms with Gasteiger partial charge in [0.25, 0.3) is 11.8 Å². The molecule has 0 radical (unpaired) electrons. The van der Waals surface area contributed by atoms with Gasteiger partial charge in [-0.1, -0.05) is 12.5 Å². The van der Waals surface area contributed by atoms with Gasteiger partial charge in [-0.25, -0.2) is 12.8 Å². The monoisotopic (exact) mass is 417 g/mol. The predicted molar refractivity (Wildman–Crippen MR) is 102 cm³/mol. The molecule has 152 valence electrons. The van der Waals surface area contributed by atoms with Crippen LogP contribution in [0.25, 0.3) is 0 Å². The van der Waals surface area contributed by atoms with Crippen molar-refractivity contribution in [1.82, 2.24) is 14.2 Å². The Balaban J connectivity index is 1.72. The topological polar surface area (TPSA) is 87.7 Å². The first-order valence-electron chi connectivity index (χ1n) is 9.42. The van der Waals surface area contributed by atoms with E-state index in [2.05, 4.69) is 4.98 Å². The second-order valence-electron chi connectivity index (χ2n) is 7.31. The molecule has 3 heterocycles. The van der Waals surface area contributed by atoms with Gasteiger partial charge in [0.15, 0.2) is 0 Å². The van der Waals surface area contributed by atoms with Crippen molar-refractivity contribution in [2.45, 2.75) is 43.7 Å². The van der Waals surface area contributed by atoms with Gasteiger partial charge in [0, 0.05) is 18.8 Å². The van der Waals surface area contributed by atoms with Crippen molar-refractivity contribution in [3.8, 4) is 0 Å². The summed E-state index contributed by atoms with van der Waals surface area (Å²) in [6.07, 6.45) is 3.82. The molecule has 0 aliphatic carbocycles. The second kappa shape index (κ2) is 7.31. The molecular weight excluding hydrogens is 397 g/mol. The molecule has 0 bridgehead atoms. The molecule has 2 aromatic rings. The van der Waals surface area contributed by atoms with E-state index in [1.54, 1.807) is 6.07 Å². The smallest absolute Gasteiger partial charge is 0.268 e. The van der Waals surface area contributed by atoms with Gasteiger partial charge in [0.1, 0.15) is 11.5 Å². The lowest BCUT2D eigenvalue weighted by atomic mass is 10.1. The van der Waals surface area contributed by atoms with Gasteiger partial charge in [-0.15, -0.1) is 0 Å². The van der Waals surface area contributed by atoms with E-state index in [0.717, 1.165) is 36.3 Å². The van der Waals surface area contributed by atoms with Gasteiger partial charge in [-0.05, 0) is 49.6 Å². The number of sulfonamides is 1. The summed E-state index contributed by atoms with van der Waals surface area (Å²) in [5.74, 6) is -1.83. The average Bonchev–Trinajstić information content (AvgIpc) is 2.94. The zero-order valence-electron chi connectivity index (χ0n) is 15.8. The van der Waals surface area contributed by atoms with Crippen molar-refractivity contribution in [2.24, 2.45) is 0 Å². The number of benzene rings is 1. The minimum Gasteiger partial charge on any atom is -0.268 e. The average molecular weight is 417 g/mol. The maximum absolute atomic E-state index is 14.0. The standard InChI is InChI=1S/C20H20FN3O4S/c1-13-5-2-3-10-24(13)29(27,28)17-11-15(21)8-7-14(17)12-23-19(25)16-6-4-9-22-18(16)20(23)26/h4,6-9,11,13H,2-3,5,10,12H2,1H3/t13-/m0/s1. The zero-order chi connectivity index (χ0) is 20.8. The number of hydrogen-bond acceptors (Lipinski definition) is 5. The fourth-order valence-electron chi connectivity index (χ4n) is 3.88. The summed E-state index contributed by atoms with van der Waals surface area (Å²) in [5.41, 5.74) is 0.404. The number of halogens is 1. The molecule has 2 aliphatic heterocycles. The Hall–Kier alpha value is -2.65.